The molecule has 0 amide bonds. The molecule has 0 aromatic carbocycles. The summed E-state index contributed by atoms with van der Waals surface area (Å²) in [6, 6.07) is 0.840. The Bertz CT molecular complexity index is 216. The molecule has 1 heterocycles. The van der Waals surface area contributed by atoms with Crippen LogP contribution in [0.1, 0.15) is 45.4 Å². The zero-order chi connectivity index (χ0) is 12.1. The summed E-state index contributed by atoms with van der Waals surface area (Å²) in [5.74, 6) is 0. The van der Waals surface area contributed by atoms with Gasteiger partial charge in [-0.3, -0.25) is 4.90 Å². The number of rotatable bonds is 6. The van der Waals surface area contributed by atoms with E-state index in [1.807, 2.05) is 7.05 Å². The van der Waals surface area contributed by atoms with Crippen LogP contribution < -0.4 is 5.32 Å². The standard InChI is InChI=1S/C14H28N2O/c1-3-16(12-6-4-5-7-12)11-14-9-8-13(17-14)10-15-2/h12-15H,3-11H2,1-2H3. The number of nitrogens with zero attached hydrogens (tertiary/aromatic N) is 1. The van der Waals surface area contributed by atoms with Crippen LogP contribution in [-0.2, 0) is 4.74 Å². The fourth-order valence-corrected chi connectivity index (χ4v) is 3.36. The van der Waals surface area contributed by atoms with E-state index in [0.717, 1.165) is 19.1 Å². The number of hydrogen-bond acceptors (Lipinski definition) is 3. The molecule has 0 aromatic heterocycles. The van der Waals surface area contributed by atoms with Crippen LogP contribution in [-0.4, -0.2) is 49.8 Å². The number of ether oxygens (including phenoxy) is 1. The van der Waals surface area contributed by atoms with E-state index < -0.39 is 0 Å². The molecule has 2 rings (SSSR count). The third-order valence-corrected chi connectivity index (χ3v) is 4.31. The quantitative estimate of drug-likeness (QED) is 0.769. The normalized spacial score (nSPS) is 30.5. The second-order valence-electron chi connectivity index (χ2n) is 5.54. The Balaban J connectivity index is 1.75. The molecule has 3 nitrogen and oxygen atoms in total. The van der Waals surface area contributed by atoms with Gasteiger partial charge in [-0.05, 0) is 39.3 Å². The van der Waals surface area contributed by atoms with Crippen LogP contribution in [0.3, 0.4) is 0 Å². The van der Waals surface area contributed by atoms with Crippen LogP contribution in [0.5, 0.6) is 0 Å². The Kier molecular flexibility index (Phi) is 5.26. The van der Waals surface area contributed by atoms with Crippen molar-refractivity contribution in [2.75, 3.05) is 26.7 Å². The Hall–Kier alpha value is -0.120. The maximum Gasteiger partial charge on any atom is 0.0707 e. The molecule has 1 saturated heterocycles. The lowest BCUT2D eigenvalue weighted by Crippen LogP contribution is -2.39. The largest absolute Gasteiger partial charge is 0.372 e. The zero-order valence-corrected chi connectivity index (χ0v) is 11.5. The Morgan fingerprint density at radius 1 is 1.12 bits per heavy atom. The maximum atomic E-state index is 6.09. The summed E-state index contributed by atoms with van der Waals surface area (Å²) in [7, 11) is 2.01. The molecule has 3 heteroatoms. The molecule has 100 valence electrons. The molecule has 2 aliphatic rings. The minimum Gasteiger partial charge on any atom is -0.372 e. The summed E-state index contributed by atoms with van der Waals surface area (Å²) >= 11 is 0. The Morgan fingerprint density at radius 2 is 1.82 bits per heavy atom. The van der Waals surface area contributed by atoms with Gasteiger partial charge in [0.1, 0.15) is 0 Å². The monoisotopic (exact) mass is 240 g/mol. The fourth-order valence-electron chi connectivity index (χ4n) is 3.36. The molecule has 2 atom stereocenters. The number of hydrogen-bond donors (Lipinski definition) is 1. The van der Waals surface area contributed by atoms with Gasteiger partial charge in [0.25, 0.3) is 0 Å². The van der Waals surface area contributed by atoms with E-state index in [-0.39, 0.29) is 0 Å². The average Bonchev–Trinajstić information content (AvgIpc) is 2.97. The van der Waals surface area contributed by atoms with E-state index in [2.05, 4.69) is 17.1 Å². The summed E-state index contributed by atoms with van der Waals surface area (Å²) in [4.78, 5) is 2.65. The van der Waals surface area contributed by atoms with Crippen LogP contribution in [0.4, 0.5) is 0 Å². The van der Waals surface area contributed by atoms with E-state index in [1.165, 1.54) is 45.1 Å². The van der Waals surface area contributed by atoms with E-state index in [9.17, 15) is 0 Å². The van der Waals surface area contributed by atoms with Gasteiger partial charge in [0.05, 0.1) is 12.2 Å². The van der Waals surface area contributed by atoms with Crippen LogP contribution >= 0.6 is 0 Å². The SMILES string of the molecule is CCN(CC1CCC(CNC)O1)C1CCCC1. The summed E-state index contributed by atoms with van der Waals surface area (Å²) in [6.45, 7) is 5.63. The van der Waals surface area contributed by atoms with E-state index >= 15 is 0 Å². The molecule has 0 radical (unpaired) electrons. The highest BCUT2D eigenvalue weighted by molar-refractivity contribution is 4.82. The Morgan fingerprint density at radius 3 is 2.47 bits per heavy atom. The minimum absolute atomic E-state index is 0.451. The molecule has 1 N–H and O–H groups in total. The minimum atomic E-state index is 0.451. The third-order valence-electron chi connectivity index (χ3n) is 4.31. The van der Waals surface area contributed by atoms with Crippen LogP contribution in [0, 0.1) is 0 Å². The van der Waals surface area contributed by atoms with Gasteiger partial charge in [-0.1, -0.05) is 19.8 Å². The third kappa shape index (κ3) is 3.67. The second-order valence-corrected chi connectivity index (χ2v) is 5.54. The van der Waals surface area contributed by atoms with Crippen molar-refractivity contribution in [1.29, 1.82) is 0 Å². The van der Waals surface area contributed by atoms with Crippen molar-refractivity contribution in [3.63, 3.8) is 0 Å². The summed E-state index contributed by atoms with van der Waals surface area (Å²) < 4.78 is 6.09. The summed E-state index contributed by atoms with van der Waals surface area (Å²) in [5.41, 5.74) is 0. The molecule has 17 heavy (non-hydrogen) atoms. The molecule has 1 aliphatic carbocycles. The lowest BCUT2D eigenvalue weighted by Gasteiger charge is -2.29. The maximum absolute atomic E-state index is 6.09. The van der Waals surface area contributed by atoms with Crippen LogP contribution in [0.15, 0.2) is 0 Å². The Labute approximate surface area is 106 Å². The smallest absolute Gasteiger partial charge is 0.0707 e. The number of likely N-dealkylation sites (N-methyl/N-ethyl adjacent to an activating group) is 2. The van der Waals surface area contributed by atoms with Crippen LogP contribution in [0.2, 0.25) is 0 Å². The molecule has 1 aliphatic heterocycles. The predicted molar refractivity (Wildman–Crippen MR) is 71.3 cm³/mol. The van der Waals surface area contributed by atoms with Crippen molar-refractivity contribution in [1.82, 2.24) is 10.2 Å². The van der Waals surface area contributed by atoms with Gasteiger partial charge < -0.3 is 10.1 Å². The van der Waals surface area contributed by atoms with Gasteiger partial charge >= 0.3 is 0 Å². The van der Waals surface area contributed by atoms with E-state index in [1.54, 1.807) is 0 Å². The van der Waals surface area contributed by atoms with E-state index in [0.29, 0.717) is 12.2 Å². The van der Waals surface area contributed by atoms with Crippen molar-refractivity contribution >= 4 is 0 Å². The average molecular weight is 240 g/mol. The van der Waals surface area contributed by atoms with Gasteiger partial charge in [-0.25, -0.2) is 0 Å². The highest BCUT2D eigenvalue weighted by atomic mass is 16.5. The summed E-state index contributed by atoms with van der Waals surface area (Å²) in [5, 5.41) is 3.21. The van der Waals surface area contributed by atoms with Gasteiger partial charge in [0, 0.05) is 19.1 Å². The number of nitrogens with one attached hydrogen (secondary N) is 1. The first-order chi connectivity index (χ1) is 8.33. The fraction of sp³-hybridized carbons (Fsp3) is 1.00. The molecule has 0 spiro atoms. The molecular formula is C14H28N2O. The predicted octanol–water partition coefficient (Wildman–Crippen LogP) is 2.02. The first kappa shape index (κ1) is 13.3. The zero-order valence-electron chi connectivity index (χ0n) is 11.5. The van der Waals surface area contributed by atoms with Gasteiger partial charge in [0.15, 0.2) is 0 Å². The first-order valence-electron chi connectivity index (χ1n) is 7.37. The van der Waals surface area contributed by atoms with Crippen molar-refractivity contribution in [2.45, 2.75) is 63.7 Å². The lowest BCUT2D eigenvalue weighted by molar-refractivity contribution is 0.0167. The highest BCUT2D eigenvalue weighted by Gasteiger charge is 2.29. The van der Waals surface area contributed by atoms with Gasteiger partial charge in [-0.15, -0.1) is 0 Å². The molecule has 0 bridgehead atoms. The van der Waals surface area contributed by atoms with Gasteiger partial charge in [-0.2, -0.15) is 0 Å². The van der Waals surface area contributed by atoms with Crippen molar-refractivity contribution in [3.05, 3.63) is 0 Å². The first-order valence-corrected chi connectivity index (χ1v) is 7.37. The molecule has 2 fully saturated rings. The second kappa shape index (κ2) is 6.72. The molecule has 0 aromatic rings. The van der Waals surface area contributed by atoms with Crippen LogP contribution in [0.25, 0.3) is 0 Å². The molecular weight excluding hydrogens is 212 g/mol. The van der Waals surface area contributed by atoms with Crippen molar-refractivity contribution < 1.29 is 4.74 Å². The van der Waals surface area contributed by atoms with Crippen molar-refractivity contribution in [3.8, 4) is 0 Å². The van der Waals surface area contributed by atoms with Gasteiger partial charge in [0.2, 0.25) is 0 Å². The summed E-state index contributed by atoms with van der Waals surface area (Å²) in [6.07, 6.45) is 9.07. The lowest BCUT2D eigenvalue weighted by atomic mass is 10.1. The molecule has 2 unspecified atom stereocenters. The molecule has 1 saturated carbocycles. The topological polar surface area (TPSA) is 24.5 Å². The van der Waals surface area contributed by atoms with Crippen molar-refractivity contribution in [2.24, 2.45) is 0 Å². The van der Waals surface area contributed by atoms with E-state index in [4.69, 9.17) is 4.74 Å². The highest BCUT2D eigenvalue weighted by Crippen LogP contribution is 2.26.